The van der Waals surface area contributed by atoms with E-state index in [-0.39, 0.29) is 129 Å². The van der Waals surface area contributed by atoms with Crippen LogP contribution in [0, 0.1) is 35.5 Å². The van der Waals surface area contributed by atoms with Gasteiger partial charge in [0, 0.05) is 93.9 Å². The number of aromatic nitrogens is 1. The van der Waals surface area contributed by atoms with Gasteiger partial charge in [0.1, 0.15) is 16.5 Å². The molecule has 1 aromatic carbocycles. The normalized spacial score (nSPS) is 17.3. The van der Waals surface area contributed by atoms with Gasteiger partial charge in [-0.1, -0.05) is 105 Å². The summed E-state index contributed by atoms with van der Waals surface area (Å²) in [6, 6.07) is 4.84. The number of amides is 6. The number of primary amides is 1. The monoisotopic (exact) mass is 1260 g/mol. The molecule has 3 heterocycles. The van der Waals surface area contributed by atoms with Gasteiger partial charge in [0.15, 0.2) is 17.7 Å². The fourth-order valence-corrected chi connectivity index (χ4v) is 13.0. The summed E-state index contributed by atoms with van der Waals surface area (Å²) in [6.45, 7) is 18.1. The molecule has 0 spiro atoms. The summed E-state index contributed by atoms with van der Waals surface area (Å²) >= 11 is 2.36. The molecule has 2 aromatic rings. The lowest BCUT2D eigenvalue weighted by atomic mass is 9.82. The molecule has 488 valence electrons. The molecule has 2 aliphatic heterocycles. The van der Waals surface area contributed by atoms with E-state index < -0.39 is 71.6 Å². The average Bonchev–Trinajstić information content (AvgIpc) is 4.31. The SMILES string of the molecule is CCCN(C(=O)[C@@H](CC(=O)[C@H]1CCCCN1C)[C@@H](C)CC)[C@H](C[C@@H](OC(C)=O)c1nc(C(=O)N[C@@H](Cc2ccc(CC(=O)[C@H](CCCCC(N)=O)NC(=O)[C@@H](CC(=O)CCCCCN3C(=O)C=C(SC)C3=O)C(C)C)cc2)C[C@H](C)C(=O)O)cs1)C(C)C. The van der Waals surface area contributed by atoms with Gasteiger partial charge in [0.2, 0.25) is 17.7 Å². The summed E-state index contributed by atoms with van der Waals surface area (Å²) in [5.41, 5.74) is 6.79. The zero-order valence-electron chi connectivity index (χ0n) is 53.9. The molecule has 1 saturated heterocycles. The summed E-state index contributed by atoms with van der Waals surface area (Å²) in [6.07, 6.45) is 9.86. The predicted molar refractivity (Wildman–Crippen MR) is 341 cm³/mol. The van der Waals surface area contributed by atoms with Gasteiger partial charge in [-0.3, -0.25) is 62.5 Å². The molecule has 1 aromatic heterocycles. The number of thiazole rings is 1. The molecule has 22 heteroatoms. The molecule has 1 fully saturated rings. The second kappa shape index (κ2) is 37.1. The standard InChI is InChI=1S/C66H99N7O13S2/c1-12-29-72(64(82)50(42(7)13-2)36-56(77)53-23-18-20-30-71(53)10)54(41(5)6)37-57(86-44(9)74)63-70-52(39-88-63)62(81)68-47(32-43(8)66(84)85)33-45-25-27-46(28-26-45)34-55(76)51(22-16-17-24-59(67)78)69-61(80)49(40(3)4)35-48(75)21-15-14-19-31-73-60(79)38-58(87-11)65(73)83/h25-28,38-43,47,49-51,53-54,57H,12-24,29-37H2,1-11H3,(H2,67,78)(H,68,81)(H,69,80)(H,84,85)/t42-,43-,47+,49-,50-,51-,53+,54+,57+/m0/s1. The number of carbonyl (C=O) groups excluding carboxylic acids is 10. The van der Waals surface area contributed by atoms with Gasteiger partial charge in [0.25, 0.3) is 17.7 Å². The highest BCUT2D eigenvalue weighted by molar-refractivity contribution is 8.03. The minimum atomic E-state index is -1.05. The molecule has 2 aliphatic rings. The van der Waals surface area contributed by atoms with E-state index in [1.165, 1.54) is 29.7 Å². The van der Waals surface area contributed by atoms with Crippen LogP contribution in [0.3, 0.4) is 0 Å². The van der Waals surface area contributed by atoms with Crippen molar-refractivity contribution in [3.8, 4) is 0 Å². The fourth-order valence-electron chi connectivity index (χ4n) is 11.7. The number of carbonyl (C=O) groups is 11. The smallest absolute Gasteiger partial charge is 0.306 e. The van der Waals surface area contributed by atoms with E-state index in [4.69, 9.17) is 10.5 Å². The van der Waals surface area contributed by atoms with Crippen LogP contribution in [0.4, 0.5) is 0 Å². The number of likely N-dealkylation sites (N-methyl/N-ethyl adjacent to an activating group) is 1. The van der Waals surface area contributed by atoms with E-state index in [9.17, 15) is 57.8 Å². The summed E-state index contributed by atoms with van der Waals surface area (Å²) in [7, 11) is 1.97. The highest BCUT2D eigenvalue weighted by Crippen LogP contribution is 2.34. The summed E-state index contributed by atoms with van der Waals surface area (Å²) < 4.78 is 5.93. The Bertz CT molecular complexity index is 2750. The third kappa shape index (κ3) is 23.3. The molecule has 9 atom stereocenters. The molecule has 88 heavy (non-hydrogen) atoms. The lowest BCUT2D eigenvalue weighted by Crippen LogP contribution is -2.50. The highest BCUT2D eigenvalue weighted by Gasteiger charge is 2.39. The van der Waals surface area contributed by atoms with Crippen LogP contribution < -0.4 is 16.4 Å². The number of aliphatic carboxylic acids is 1. The number of thioether (sulfide) groups is 1. The van der Waals surface area contributed by atoms with Crippen molar-refractivity contribution in [2.45, 2.75) is 215 Å². The summed E-state index contributed by atoms with van der Waals surface area (Å²) in [4.78, 5) is 156. The van der Waals surface area contributed by atoms with E-state index in [1.807, 2.05) is 60.4 Å². The number of Topliss-reactive ketones (excluding diaryl/α,β-unsaturated/α-hetero) is 3. The summed E-state index contributed by atoms with van der Waals surface area (Å²) in [5, 5.41) is 17.8. The van der Waals surface area contributed by atoms with Crippen LogP contribution in [0.25, 0.3) is 0 Å². The highest BCUT2D eigenvalue weighted by atomic mass is 32.2. The molecular weight excluding hydrogens is 1160 g/mol. The van der Waals surface area contributed by atoms with Crippen molar-refractivity contribution in [1.29, 1.82) is 0 Å². The van der Waals surface area contributed by atoms with Gasteiger partial charge >= 0.3 is 11.9 Å². The number of nitrogens with two attached hydrogens (primary N) is 1. The Kier molecular flexibility index (Phi) is 31.4. The maximum atomic E-state index is 14.9. The molecule has 0 saturated carbocycles. The van der Waals surface area contributed by atoms with Crippen molar-refractivity contribution in [2.75, 3.05) is 32.9 Å². The van der Waals surface area contributed by atoms with Gasteiger partial charge in [-0.05, 0) is 107 Å². The Labute approximate surface area is 529 Å². The largest absolute Gasteiger partial charge is 0.481 e. The number of nitrogens with one attached hydrogen (secondary N) is 2. The van der Waals surface area contributed by atoms with Gasteiger partial charge in [0.05, 0.1) is 22.9 Å². The molecule has 0 unspecified atom stereocenters. The van der Waals surface area contributed by atoms with Crippen molar-refractivity contribution in [2.24, 2.45) is 41.2 Å². The number of hydrogen-bond acceptors (Lipinski definition) is 16. The van der Waals surface area contributed by atoms with Crippen molar-refractivity contribution < 1.29 is 62.6 Å². The Morgan fingerprint density at radius 2 is 1.55 bits per heavy atom. The van der Waals surface area contributed by atoms with Crippen LogP contribution in [-0.4, -0.2) is 147 Å². The number of carboxylic acid groups (broad SMARTS) is 1. The molecular formula is C66H99N7O13S2. The zero-order chi connectivity index (χ0) is 65.4. The number of unbranched alkanes of at least 4 members (excludes halogenated alkanes) is 3. The number of ketones is 3. The van der Waals surface area contributed by atoms with E-state index in [0.29, 0.717) is 67.0 Å². The number of ether oxygens (including phenoxy) is 1. The number of piperidine rings is 1. The van der Waals surface area contributed by atoms with Crippen LogP contribution in [0.5, 0.6) is 0 Å². The first-order chi connectivity index (χ1) is 41.7. The third-order valence-corrected chi connectivity index (χ3v) is 18.9. The minimum absolute atomic E-state index is 0.0308. The van der Waals surface area contributed by atoms with Gasteiger partial charge in [-0.25, -0.2) is 4.98 Å². The number of imide groups is 1. The zero-order valence-corrected chi connectivity index (χ0v) is 55.5. The lowest BCUT2D eigenvalue weighted by Gasteiger charge is -2.39. The molecule has 0 radical (unpaired) electrons. The topological polar surface area (TPSA) is 290 Å². The molecule has 4 rings (SSSR count). The Balaban J connectivity index is 1.46. The third-order valence-electron chi connectivity index (χ3n) is 17.2. The maximum Gasteiger partial charge on any atom is 0.306 e. The van der Waals surface area contributed by atoms with Crippen molar-refractivity contribution >= 4 is 87.8 Å². The van der Waals surface area contributed by atoms with Crippen LogP contribution >= 0.6 is 23.1 Å². The quantitative estimate of drug-likeness (QED) is 0.0274. The average molecular weight is 1260 g/mol. The second-order valence-electron chi connectivity index (χ2n) is 24.9. The van der Waals surface area contributed by atoms with E-state index in [0.717, 1.165) is 42.7 Å². The van der Waals surface area contributed by atoms with E-state index in [1.54, 1.807) is 42.8 Å². The molecule has 0 bridgehead atoms. The Morgan fingerprint density at radius 3 is 2.14 bits per heavy atom. The first-order valence-electron chi connectivity index (χ1n) is 31.7. The first-order valence-corrected chi connectivity index (χ1v) is 33.8. The Hall–Kier alpha value is -6.13. The summed E-state index contributed by atoms with van der Waals surface area (Å²) in [5.74, 6) is -6.66. The van der Waals surface area contributed by atoms with Crippen molar-refractivity contribution in [3.05, 3.63) is 62.5 Å². The lowest BCUT2D eigenvalue weighted by molar-refractivity contribution is -0.150. The Morgan fingerprint density at radius 1 is 0.864 bits per heavy atom. The van der Waals surface area contributed by atoms with Crippen LogP contribution in [0.2, 0.25) is 0 Å². The molecule has 0 aliphatic carbocycles. The first kappa shape index (κ1) is 74.3. The van der Waals surface area contributed by atoms with E-state index >= 15 is 0 Å². The molecule has 5 N–H and O–H groups in total. The number of carboxylic acids is 1. The fraction of sp³-hybridized carbons (Fsp3) is 0.667. The number of rotatable bonds is 41. The van der Waals surface area contributed by atoms with Crippen molar-refractivity contribution in [1.82, 2.24) is 30.3 Å². The number of nitrogens with zero attached hydrogens (tertiary/aromatic N) is 4. The van der Waals surface area contributed by atoms with E-state index in [2.05, 4.69) is 20.5 Å². The van der Waals surface area contributed by atoms with Gasteiger partial charge in [-0.15, -0.1) is 23.1 Å². The minimum Gasteiger partial charge on any atom is -0.481 e. The number of hydrogen-bond donors (Lipinski definition) is 4. The van der Waals surface area contributed by atoms with Crippen molar-refractivity contribution in [3.63, 3.8) is 0 Å². The van der Waals surface area contributed by atoms with Crippen LogP contribution in [0.15, 0.2) is 40.6 Å². The maximum absolute atomic E-state index is 14.9. The molecule has 20 nitrogen and oxygen atoms in total. The van der Waals surface area contributed by atoms with Crippen LogP contribution in [0.1, 0.15) is 204 Å². The second-order valence-corrected chi connectivity index (χ2v) is 26.6. The van der Waals surface area contributed by atoms with Gasteiger partial charge < -0.3 is 31.1 Å². The number of likely N-dealkylation sites (tertiary alicyclic amines) is 1. The van der Waals surface area contributed by atoms with Gasteiger partial charge in [-0.2, -0.15) is 0 Å². The van der Waals surface area contributed by atoms with Crippen LogP contribution in [-0.2, 0) is 65.5 Å². The molecule has 6 amide bonds. The number of esters is 1. The predicted octanol–water partition coefficient (Wildman–Crippen LogP) is 9.01. The number of benzene rings is 1.